The summed E-state index contributed by atoms with van der Waals surface area (Å²) in [5.74, 6) is 0.320. The van der Waals surface area contributed by atoms with Crippen LogP contribution in [0.15, 0.2) is 24.3 Å². The summed E-state index contributed by atoms with van der Waals surface area (Å²) in [6, 6.07) is 8.69. The van der Waals surface area contributed by atoms with Crippen molar-refractivity contribution in [3.8, 4) is 0 Å². The van der Waals surface area contributed by atoms with Crippen molar-refractivity contribution in [1.29, 1.82) is 0 Å². The summed E-state index contributed by atoms with van der Waals surface area (Å²) < 4.78 is 20.9. The number of unbranched alkanes of at least 4 members (excludes halogenated alkanes) is 2. The van der Waals surface area contributed by atoms with Gasteiger partial charge < -0.3 is 20.3 Å². The molecule has 1 aliphatic carbocycles. The van der Waals surface area contributed by atoms with Gasteiger partial charge in [-0.1, -0.05) is 30.7 Å². The lowest BCUT2D eigenvalue weighted by molar-refractivity contribution is 0.143. The molecule has 1 aliphatic rings. The van der Waals surface area contributed by atoms with Crippen LogP contribution in [0, 0.1) is 0 Å². The molecule has 1 saturated carbocycles. The third-order valence-electron chi connectivity index (χ3n) is 5.07. The van der Waals surface area contributed by atoms with Gasteiger partial charge in [-0.25, -0.2) is 4.57 Å². The number of rotatable bonds is 11. The predicted octanol–water partition coefficient (Wildman–Crippen LogP) is 3.51. The highest BCUT2D eigenvalue weighted by Crippen LogP contribution is 2.43. The highest BCUT2D eigenvalue weighted by atomic mass is 31.2. The summed E-state index contributed by atoms with van der Waals surface area (Å²) in [7, 11) is -4.47. The largest absolute Gasteiger partial charge is 0.469 e. The highest BCUT2D eigenvalue weighted by molar-refractivity contribution is 7.46. The molecule has 4 N–H and O–H groups in total. The average Bonchev–Trinajstić information content (AvgIpc) is 2.99. The van der Waals surface area contributed by atoms with E-state index in [9.17, 15) is 4.57 Å². The molecule has 1 aromatic rings. The Kier molecular flexibility index (Phi) is 8.27. The fraction of sp³-hybridized carbons (Fsp3) is 0.684. The van der Waals surface area contributed by atoms with Crippen LogP contribution in [-0.4, -0.2) is 35.1 Å². The van der Waals surface area contributed by atoms with Crippen molar-refractivity contribution in [1.82, 2.24) is 0 Å². The molecule has 26 heavy (non-hydrogen) atoms. The fourth-order valence-electron chi connectivity index (χ4n) is 3.60. The quantitative estimate of drug-likeness (QED) is 0.398. The molecular formula is C19H32NO5P. The number of phosphoric ester groups is 1. The maximum atomic E-state index is 10.9. The summed E-state index contributed by atoms with van der Waals surface area (Å²) >= 11 is 0. The van der Waals surface area contributed by atoms with Gasteiger partial charge in [0.1, 0.15) is 0 Å². The Hall–Kier alpha value is -0.750. The van der Waals surface area contributed by atoms with Gasteiger partial charge in [0, 0.05) is 18.8 Å². The van der Waals surface area contributed by atoms with Crippen molar-refractivity contribution < 1.29 is 23.6 Å². The third kappa shape index (κ3) is 7.47. The van der Waals surface area contributed by atoms with E-state index in [4.69, 9.17) is 20.3 Å². The molecule has 2 atom stereocenters. The Morgan fingerprint density at radius 1 is 1.23 bits per heavy atom. The molecule has 0 aliphatic heterocycles. The minimum absolute atomic E-state index is 0.104. The number of aryl methyl sites for hydroxylation is 1. The van der Waals surface area contributed by atoms with E-state index in [-0.39, 0.29) is 6.61 Å². The standard InChI is InChI=1S/C19H32NO5P/c1-2-24-13-5-3-4-6-16-7-9-17(10-8-16)18-11-12-19(20,14-18)15-25-26(21,22)23/h7-10,18H,2-6,11-15,20H2,1H3,(H2,21,22,23)/t18-,19-/m1/s1. The first-order valence-corrected chi connectivity index (χ1v) is 11.0. The van der Waals surface area contributed by atoms with Gasteiger partial charge >= 0.3 is 7.82 Å². The molecule has 0 amide bonds. The van der Waals surface area contributed by atoms with Crippen LogP contribution in [0.2, 0.25) is 0 Å². The van der Waals surface area contributed by atoms with E-state index in [1.165, 1.54) is 24.0 Å². The molecule has 6 nitrogen and oxygen atoms in total. The first-order chi connectivity index (χ1) is 12.3. The third-order valence-corrected chi connectivity index (χ3v) is 5.54. The molecular weight excluding hydrogens is 353 g/mol. The molecule has 0 radical (unpaired) electrons. The Morgan fingerprint density at radius 2 is 1.96 bits per heavy atom. The van der Waals surface area contributed by atoms with Crippen LogP contribution in [0.25, 0.3) is 0 Å². The summed E-state index contributed by atoms with van der Waals surface area (Å²) in [4.78, 5) is 17.7. The first-order valence-electron chi connectivity index (χ1n) is 9.47. The SMILES string of the molecule is CCOCCCCCc1ccc([C@@H]2CC[C@](N)(COP(=O)(O)O)C2)cc1. The van der Waals surface area contributed by atoms with Crippen molar-refractivity contribution in [3.63, 3.8) is 0 Å². The van der Waals surface area contributed by atoms with E-state index in [1.807, 2.05) is 6.92 Å². The topological polar surface area (TPSA) is 102 Å². The van der Waals surface area contributed by atoms with Crippen LogP contribution in [0.1, 0.15) is 62.5 Å². The van der Waals surface area contributed by atoms with Gasteiger partial charge in [-0.2, -0.15) is 0 Å². The Balaban J connectivity index is 1.77. The van der Waals surface area contributed by atoms with Crippen molar-refractivity contribution in [2.75, 3.05) is 19.8 Å². The van der Waals surface area contributed by atoms with Crippen molar-refractivity contribution in [3.05, 3.63) is 35.4 Å². The van der Waals surface area contributed by atoms with Gasteiger partial charge in [-0.3, -0.25) is 4.52 Å². The van der Waals surface area contributed by atoms with Crippen LogP contribution in [0.4, 0.5) is 0 Å². The van der Waals surface area contributed by atoms with Crippen LogP contribution in [0.5, 0.6) is 0 Å². The van der Waals surface area contributed by atoms with E-state index >= 15 is 0 Å². The van der Waals surface area contributed by atoms with Gasteiger partial charge in [0.25, 0.3) is 0 Å². The van der Waals surface area contributed by atoms with Crippen LogP contribution in [0.3, 0.4) is 0 Å². The van der Waals surface area contributed by atoms with Gasteiger partial charge in [0.2, 0.25) is 0 Å². The zero-order chi connectivity index (χ0) is 19.0. The number of phosphoric acid groups is 1. The second-order valence-electron chi connectivity index (χ2n) is 7.32. The minimum atomic E-state index is -4.47. The van der Waals surface area contributed by atoms with Gasteiger partial charge in [0.05, 0.1) is 6.61 Å². The number of hydrogen-bond acceptors (Lipinski definition) is 4. The summed E-state index contributed by atoms with van der Waals surface area (Å²) in [5, 5.41) is 0. The van der Waals surface area contributed by atoms with E-state index in [1.54, 1.807) is 0 Å². The molecule has 148 valence electrons. The fourth-order valence-corrected chi connectivity index (χ4v) is 4.02. The predicted molar refractivity (Wildman–Crippen MR) is 102 cm³/mol. The first kappa shape index (κ1) is 21.5. The van der Waals surface area contributed by atoms with Crippen molar-refractivity contribution >= 4 is 7.82 Å². The Morgan fingerprint density at radius 3 is 2.62 bits per heavy atom. The molecule has 2 rings (SSSR count). The van der Waals surface area contributed by atoms with E-state index < -0.39 is 13.4 Å². The van der Waals surface area contributed by atoms with Crippen LogP contribution in [-0.2, 0) is 20.2 Å². The zero-order valence-corrected chi connectivity index (χ0v) is 16.5. The smallest absolute Gasteiger partial charge is 0.382 e. The number of benzene rings is 1. The summed E-state index contributed by atoms with van der Waals surface area (Å²) in [6.07, 6.45) is 6.85. The molecule has 0 spiro atoms. The summed E-state index contributed by atoms with van der Waals surface area (Å²) in [5.41, 5.74) is 8.18. The lowest BCUT2D eigenvalue weighted by Crippen LogP contribution is -2.41. The summed E-state index contributed by atoms with van der Waals surface area (Å²) in [6.45, 7) is 3.56. The van der Waals surface area contributed by atoms with Gasteiger partial charge in [-0.05, 0) is 62.5 Å². The molecule has 0 unspecified atom stereocenters. The lowest BCUT2D eigenvalue weighted by atomic mass is 9.92. The molecule has 0 heterocycles. The van der Waals surface area contributed by atoms with Crippen molar-refractivity contribution in [2.24, 2.45) is 5.73 Å². The Bertz CT molecular complexity index is 588. The number of nitrogens with two attached hydrogens (primary N) is 1. The van der Waals surface area contributed by atoms with E-state index in [2.05, 4.69) is 28.8 Å². The number of ether oxygens (including phenoxy) is 1. The molecule has 1 aromatic carbocycles. The lowest BCUT2D eigenvalue weighted by Gasteiger charge is -2.24. The Labute approximate surface area is 156 Å². The van der Waals surface area contributed by atoms with Crippen LogP contribution >= 0.6 is 7.82 Å². The van der Waals surface area contributed by atoms with Crippen molar-refractivity contribution in [2.45, 2.75) is 63.3 Å². The van der Waals surface area contributed by atoms with Crippen LogP contribution < -0.4 is 5.73 Å². The maximum Gasteiger partial charge on any atom is 0.469 e. The second-order valence-corrected chi connectivity index (χ2v) is 8.55. The molecule has 0 aromatic heterocycles. The molecule has 0 saturated heterocycles. The average molecular weight is 385 g/mol. The van der Waals surface area contributed by atoms with Gasteiger partial charge in [-0.15, -0.1) is 0 Å². The van der Waals surface area contributed by atoms with E-state index in [0.29, 0.717) is 18.8 Å². The normalized spacial score (nSPS) is 23.5. The molecule has 7 heteroatoms. The molecule has 0 bridgehead atoms. The highest BCUT2D eigenvalue weighted by Gasteiger charge is 2.38. The molecule has 1 fully saturated rings. The minimum Gasteiger partial charge on any atom is -0.382 e. The number of hydrogen-bond donors (Lipinski definition) is 3. The zero-order valence-electron chi connectivity index (χ0n) is 15.6. The maximum absolute atomic E-state index is 10.9. The monoisotopic (exact) mass is 385 g/mol. The second kappa shape index (κ2) is 9.98. The van der Waals surface area contributed by atoms with E-state index in [0.717, 1.165) is 32.5 Å². The van der Waals surface area contributed by atoms with Gasteiger partial charge in [0.15, 0.2) is 0 Å².